The third-order valence-electron chi connectivity index (χ3n) is 7.53. The Morgan fingerprint density at radius 3 is 2.56 bits per heavy atom. The number of aliphatic hydroxyl groups excluding tert-OH is 1. The lowest BCUT2D eigenvalue weighted by Gasteiger charge is -2.38. The molecule has 2 saturated heterocycles. The summed E-state index contributed by atoms with van der Waals surface area (Å²) in [5.74, 6) is -0.727. The second-order valence-electron chi connectivity index (χ2n) is 9.75. The Hall–Kier alpha value is -2.33. The summed E-state index contributed by atoms with van der Waals surface area (Å²) >= 11 is 0. The van der Waals surface area contributed by atoms with E-state index in [1.807, 2.05) is 37.3 Å². The number of ether oxygens (including phenoxy) is 1. The predicted octanol–water partition coefficient (Wildman–Crippen LogP) is 3.43. The van der Waals surface area contributed by atoms with Gasteiger partial charge in [0.2, 0.25) is 15.9 Å². The Bertz CT molecular complexity index is 1150. The van der Waals surface area contributed by atoms with Gasteiger partial charge in [-0.3, -0.25) is 4.79 Å². The van der Waals surface area contributed by atoms with Gasteiger partial charge in [0.1, 0.15) is 11.1 Å². The van der Waals surface area contributed by atoms with Gasteiger partial charge in [0, 0.05) is 44.5 Å². The molecule has 2 N–H and O–H groups in total. The highest BCUT2D eigenvalue weighted by Crippen LogP contribution is 2.39. The van der Waals surface area contributed by atoms with Crippen molar-refractivity contribution in [1.82, 2.24) is 9.62 Å². The molecule has 4 rings (SSSR count). The molecule has 2 aromatic rings. The van der Waals surface area contributed by atoms with E-state index >= 15 is 4.39 Å². The number of amides is 1. The van der Waals surface area contributed by atoms with E-state index in [9.17, 15) is 13.2 Å². The molecule has 0 saturated carbocycles. The van der Waals surface area contributed by atoms with E-state index in [2.05, 4.69) is 5.32 Å². The number of nitrogens with zero attached hydrogens (tertiary/aromatic N) is 1. The largest absolute Gasteiger partial charge is 0.396 e. The lowest BCUT2D eigenvalue weighted by molar-refractivity contribution is -0.130. The van der Waals surface area contributed by atoms with Gasteiger partial charge in [0.25, 0.3) is 0 Å². The summed E-state index contributed by atoms with van der Waals surface area (Å²) < 4.78 is 49.4. The summed E-state index contributed by atoms with van der Waals surface area (Å²) in [6, 6.07) is 13.7. The first kappa shape index (κ1) is 26.7. The SMILES string of the molecule is C[C@H]1CC[C@H](c2ccccc2)S(=O)(=O)N1Cc1ccc(C2(C(=O)NCCCO)CCOCC2)cc1F. The average Bonchev–Trinajstić information content (AvgIpc) is 2.88. The Balaban J connectivity index is 1.59. The molecule has 36 heavy (non-hydrogen) atoms. The van der Waals surface area contributed by atoms with Gasteiger partial charge in [0.15, 0.2) is 0 Å². The standard InChI is InChI=1S/C27H35FN2O5S/c1-20-8-11-25(21-6-3-2-4-7-21)36(33,34)30(20)19-22-9-10-23(18-24(22)28)27(12-16-35-17-13-27)26(32)29-14-5-15-31/h2-4,6-7,9-10,18,20,25,31H,5,8,11-17,19H2,1H3,(H,29,32)/t20-,25+/m0/s1. The highest BCUT2D eigenvalue weighted by Gasteiger charge is 2.43. The van der Waals surface area contributed by atoms with Crippen LogP contribution in [0.3, 0.4) is 0 Å². The van der Waals surface area contributed by atoms with Gasteiger partial charge in [0.05, 0.1) is 5.41 Å². The van der Waals surface area contributed by atoms with Gasteiger partial charge in [-0.25, -0.2) is 12.8 Å². The van der Waals surface area contributed by atoms with Crippen LogP contribution >= 0.6 is 0 Å². The van der Waals surface area contributed by atoms with Crippen molar-refractivity contribution >= 4 is 15.9 Å². The number of halogens is 1. The molecule has 2 aliphatic heterocycles. The molecule has 2 aromatic carbocycles. The molecule has 0 bridgehead atoms. The van der Waals surface area contributed by atoms with Crippen molar-refractivity contribution in [1.29, 1.82) is 0 Å². The van der Waals surface area contributed by atoms with Crippen molar-refractivity contribution in [3.63, 3.8) is 0 Å². The minimum Gasteiger partial charge on any atom is -0.396 e. The van der Waals surface area contributed by atoms with Crippen molar-refractivity contribution < 1.29 is 27.4 Å². The molecule has 1 amide bonds. The highest BCUT2D eigenvalue weighted by molar-refractivity contribution is 7.89. The van der Waals surface area contributed by atoms with Crippen LogP contribution in [0.25, 0.3) is 0 Å². The fourth-order valence-corrected chi connectivity index (χ4v) is 7.50. The van der Waals surface area contributed by atoms with Crippen molar-refractivity contribution in [3.8, 4) is 0 Å². The zero-order valence-electron chi connectivity index (χ0n) is 20.7. The summed E-state index contributed by atoms with van der Waals surface area (Å²) in [6.07, 6.45) is 2.51. The lowest BCUT2D eigenvalue weighted by Crippen LogP contribution is -2.48. The van der Waals surface area contributed by atoms with E-state index in [1.54, 1.807) is 12.1 Å². The van der Waals surface area contributed by atoms with E-state index in [-0.39, 0.29) is 30.7 Å². The zero-order chi connectivity index (χ0) is 25.8. The second kappa shape index (κ2) is 11.4. The van der Waals surface area contributed by atoms with Crippen LogP contribution in [0, 0.1) is 5.82 Å². The first-order valence-corrected chi connectivity index (χ1v) is 14.1. The molecular weight excluding hydrogens is 483 g/mol. The van der Waals surface area contributed by atoms with Crippen molar-refractivity contribution in [3.05, 3.63) is 71.0 Å². The third-order valence-corrected chi connectivity index (χ3v) is 9.90. The first-order valence-electron chi connectivity index (χ1n) is 12.6. The molecule has 7 nitrogen and oxygen atoms in total. The summed E-state index contributed by atoms with van der Waals surface area (Å²) in [4.78, 5) is 13.1. The van der Waals surface area contributed by atoms with Crippen LogP contribution in [0.2, 0.25) is 0 Å². The number of benzene rings is 2. The van der Waals surface area contributed by atoms with Crippen molar-refractivity contribution in [2.24, 2.45) is 0 Å². The maximum atomic E-state index is 15.5. The number of sulfonamides is 1. The summed E-state index contributed by atoms with van der Waals surface area (Å²) in [6.45, 7) is 2.90. The Morgan fingerprint density at radius 1 is 1.17 bits per heavy atom. The van der Waals surface area contributed by atoms with Crippen LogP contribution in [-0.2, 0) is 31.5 Å². The van der Waals surface area contributed by atoms with Gasteiger partial charge in [-0.15, -0.1) is 0 Å². The predicted molar refractivity (Wildman–Crippen MR) is 135 cm³/mol. The number of nitrogens with one attached hydrogen (secondary N) is 1. The minimum absolute atomic E-state index is 0.0251. The van der Waals surface area contributed by atoms with Crippen molar-refractivity contribution in [2.45, 2.75) is 62.3 Å². The van der Waals surface area contributed by atoms with Crippen LogP contribution in [0.1, 0.15) is 61.0 Å². The van der Waals surface area contributed by atoms with Crippen LogP contribution in [0.15, 0.2) is 48.5 Å². The second-order valence-corrected chi connectivity index (χ2v) is 11.8. The van der Waals surface area contributed by atoms with Gasteiger partial charge < -0.3 is 15.2 Å². The highest BCUT2D eigenvalue weighted by atomic mass is 32.2. The summed E-state index contributed by atoms with van der Waals surface area (Å²) in [5, 5.41) is 11.3. The molecule has 2 aliphatic rings. The molecule has 2 heterocycles. The molecule has 0 aromatic heterocycles. The number of carbonyl (C=O) groups excluding carboxylic acids is 1. The van der Waals surface area contributed by atoms with E-state index in [0.29, 0.717) is 57.4 Å². The van der Waals surface area contributed by atoms with E-state index in [4.69, 9.17) is 9.84 Å². The fraction of sp³-hybridized carbons (Fsp3) is 0.519. The van der Waals surface area contributed by atoms with Gasteiger partial charge in [-0.1, -0.05) is 42.5 Å². The van der Waals surface area contributed by atoms with Gasteiger partial charge >= 0.3 is 0 Å². The van der Waals surface area contributed by atoms with E-state index in [0.717, 1.165) is 5.56 Å². The van der Waals surface area contributed by atoms with Crippen LogP contribution in [0.5, 0.6) is 0 Å². The Labute approximate surface area is 212 Å². The topological polar surface area (TPSA) is 95.9 Å². The number of carbonyl (C=O) groups is 1. The molecule has 0 radical (unpaired) electrons. The minimum atomic E-state index is -3.68. The fourth-order valence-electron chi connectivity index (χ4n) is 5.31. The molecule has 0 aliphatic carbocycles. The van der Waals surface area contributed by atoms with Crippen LogP contribution in [-0.4, -0.2) is 56.1 Å². The molecule has 9 heteroatoms. The molecule has 196 valence electrons. The molecule has 0 spiro atoms. The number of rotatable bonds is 8. The smallest absolute Gasteiger partial charge is 0.230 e. The Morgan fingerprint density at radius 2 is 1.89 bits per heavy atom. The average molecular weight is 519 g/mol. The van der Waals surface area contributed by atoms with Gasteiger partial charge in [-0.2, -0.15) is 4.31 Å². The summed E-state index contributed by atoms with van der Waals surface area (Å²) in [7, 11) is -3.68. The van der Waals surface area contributed by atoms with E-state index < -0.39 is 26.5 Å². The normalized spacial score (nSPS) is 23.8. The first-order chi connectivity index (χ1) is 17.3. The zero-order valence-corrected chi connectivity index (χ0v) is 21.5. The number of hydrogen-bond acceptors (Lipinski definition) is 5. The molecule has 2 fully saturated rings. The Kier molecular flexibility index (Phi) is 8.44. The maximum Gasteiger partial charge on any atom is 0.230 e. The monoisotopic (exact) mass is 518 g/mol. The quantitative estimate of drug-likeness (QED) is 0.522. The lowest BCUT2D eigenvalue weighted by atomic mass is 9.73. The third kappa shape index (κ3) is 5.34. The summed E-state index contributed by atoms with van der Waals surface area (Å²) in [5.41, 5.74) is 0.672. The molecular formula is C27H35FN2O5S. The molecule has 2 atom stereocenters. The van der Waals surface area contributed by atoms with E-state index in [1.165, 1.54) is 10.4 Å². The van der Waals surface area contributed by atoms with Crippen LogP contribution < -0.4 is 5.32 Å². The number of hydrogen-bond donors (Lipinski definition) is 2. The number of aliphatic hydroxyl groups is 1. The maximum absolute atomic E-state index is 15.5. The van der Waals surface area contributed by atoms with Crippen molar-refractivity contribution in [2.75, 3.05) is 26.4 Å². The van der Waals surface area contributed by atoms with Crippen LogP contribution in [0.4, 0.5) is 4.39 Å². The molecule has 0 unspecified atom stereocenters. The van der Waals surface area contributed by atoms with Gasteiger partial charge in [-0.05, 0) is 56.2 Å².